The van der Waals surface area contributed by atoms with Crippen LogP contribution < -0.4 is 0 Å². The highest BCUT2D eigenvalue weighted by molar-refractivity contribution is 6.27. The van der Waals surface area contributed by atoms with Crippen molar-refractivity contribution in [1.29, 1.82) is 0 Å². The number of rotatable bonds is 2. The minimum absolute atomic E-state index is 0.146. The molecule has 0 radical (unpaired) electrons. The molecule has 0 bridgehead atoms. The Kier molecular flexibility index (Phi) is 1.60. The van der Waals surface area contributed by atoms with Gasteiger partial charge in [-0.15, -0.1) is 5.10 Å². The van der Waals surface area contributed by atoms with E-state index in [4.69, 9.17) is 16.0 Å². The third-order valence-electron chi connectivity index (χ3n) is 2.13. The van der Waals surface area contributed by atoms with E-state index in [9.17, 15) is 0 Å². The van der Waals surface area contributed by atoms with Gasteiger partial charge in [0.05, 0.1) is 0 Å². The van der Waals surface area contributed by atoms with Crippen molar-refractivity contribution in [3.63, 3.8) is 0 Å². The van der Waals surface area contributed by atoms with Crippen molar-refractivity contribution in [2.75, 3.05) is 0 Å². The first-order valence-electron chi connectivity index (χ1n) is 3.76. The Morgan fingerprint density at radius 3 is 2.73 bits per heavy atom. The van der Waals surface area contributed by atoms with Crippen molar-refractivity contribution in [2.24, 2.45) is 5.92 Å². The number of hydrogen-bond donors (Lipinski definition) is 0. The predicted octanol–water partition coefficient (Wildman–Crippen LogP) is 2.24. The van der Waals surface area contributed by atoms with E-state index in [1.54, 1.807) is 0 Å². The van der Waals surface area contributed by atoms with Crippen molar-refractivity contribution in [1.82, 2.24) is 10.2 Å². The zero-order chi connectivity index (χ0) is 7.84. The van der Waals surface area contributed by atoms with Crippen molar-refractivity contribution >= 4 is 11.6 Å². The highest BCUT2D eigenvalue weighted by Gasteiger charge is 2.32. The Balaban J connectivity index is 2.14. The van der Waals surface area contributed by atoms with E-state index >= 15 is 0 Å². The topological polar surface area (TPSA) is 38.9 Å². The Bertz CT molecular complexity index is 257. The zero-order valence-electron chi connectivity index (χ0n) is 6.25. The standard InChI is InChI=1S/C7H9ClN2O/c1-4(5-2-3-5)6-9-10-7(8)11-6/h4-5H,2-3H2,1H3. The van der Waals surface area contributed by atoms with E-state index in [2.05, 4.69) is 17.1 Å². The summed E-state index contributed by atoms with van der Waals surface area (Å²) in [6, 6.07) is 0. The molecule has 4 heteroatoms. The van der Waals surface area contributed by atoms with Gasteiger partial charge in [-0.1, -0.05) is 12.0 Å². The number of nitrogens with zero attached hydrogens (tertiary/aromatic N) is 2. The van der Waals surface area contributed by atoms with Crippen molar-refractivity contribution in [3.05, 3.63) is 11.2 Å². The van der Waals surface area contributed by atoms with E-state index in [0.717, 1.165) is 5.92 Å². The number of halogens is 1. The summed E-state index contributed by atoms with van der Waals surface area (Å²) in [4.78, 5) is 0. The molecule has 11 heavy (non-hydrogen) atoms. The van der Waals surface area contributed by atoms with Crippen LogP contribution in [0.4, 0.5) is 0 Å². The molecule has 1 aromatic rings. The average Bonchev–Trinajstić information content (AvgIpc) is 2.74. The molecule has 1 heterocycles. The smallest absolute Gasteiger partial charge is 0.312 e. The van der Waals surface area contributed by atoms with Crippen LogP contribution in [0.2, 0.25) is 5.35 Å². The summed E-state index contributed by atoms with van der Waals surface area (Å²) in [5.74, 6) is 1.80. The van der Waals surface area contributed by atoms with Gasteiger partial charge in [-0.3, -0.25) is 0 Å². The Morgan fingerprint density at radius 1 is 1.55 bits per heavy atom. The SMILES string of the molecule is CC(c1nnc(Cl)o1)C1CC1. The van der Waals surface area contributed by atoms with Gasteiger partial charge >= 0.3 is 5.35 Å². The molecule has 0 amide bonds. The van der Waals surface area contributed by atoms with E-state index in [1.807, 2.05) is 0 Å². The first-order valence-corrected chi connectivity index (χ1v) is 4.14. The second-order valence-electron chi connectivity index (χ2n) is 3.02. The summed E-state index contributed by atoms with van der Waals surface area (Å²) in [5, 5.41) is 7.57. The van der Waals surface area contributed by atoms with Crippen LogP contribution >= 0.6 is 11.6 Å². The normalized spacial score (nSPS) is 20.2. The Morgan fingerprint density at radius 2 is 2.27 bits per heavy atom. The Labute approximate surface area is 69.8 Å². The van der Waals surface area contributed by atoms with Gasteiger partial charge < -0.3 is 4.42 Å². The van der Waals surface area contributed by atoms with Crippen molar-refractivity contribution < 1.29 is 4.42 Å². The third kappa shape index (κ3) is 1.38. The maximum atomic E-state index is 5.49. The first-order chi connectivity index (χ1) is 5.27. The van der Waals surface area contributed by atoms with Crippen LogP contribution in [0.1, 0.15) is 31.6 Å². The highest BCUT2D eigenvalue weighted by atomic mass is 35.5. The molecule has 1 aromatic heterocycles. The van der Waals surface area contributed by atoms with Gasteiger partial charge in [0, 0.05) is 5.92 Å². The molecule has 0 aliphatic heterocycles. The van der Waals surface area contributed by atoms with Gasteiger partial charge in [-0.05, 0) is 30.4 Å². The molecule has 1 unspecified atom stereocenters. The Hall–Kier alpha value is -0.570. The van der Waals surface area contributed by atoms with Crippen LogP contribution in [-0.4, -0.2) is 10.2 Å². The lowest BCUT2D eigenvalue weighted by molar-refractivity contribution is 0.438. The van der Waals surface area contributed by atoms with Gasteiger partial charge in [-0.25, -0.2) is 0 Å². The molecular formula is C7H9ClN2O. The fourth-order valence-electron chi connectivity index (χ4n) is 1.20. The van der Waals surface area contributed by atoms with E-state index in [0.29, 0.717) is 11.8 Å². The van der Waals surface area contributed by atoms with Crippen LogP contribution in [-0.2, 0) is 0 Å². The quantitative estimate of drug-likeness (QED) is 0.687. The van der Waals surface area contributed by atoms with Gasteiger partial charge in [-0.2, -0.15) is 0 Å². The van der Waals surface area contributed by atoms with Crippen molar-refractivity contribution in [3.8, 4) is 0 Å². The summed E-state index contributed by atoms with van der Waals surface area (Å²) in [7, 11) is 0. The molecule has 1 fully saturated rings. The molecule has 1 aliphatic carbocycles. The van der Waals surface area contributed by atoms with E-state index in [1.165, 1.54) is 12.8 Å². The lowest BCUT2D eigenvalue weighted by Gasteiger charge is -2.00. The van der Waals surface area contributed by atoms with Crippen LogP contribution in [0.3, 0.4) is 0 Å². The van der Waals surface area contributed by atoms with Gasteiger partial charge in [0.2, 0.25) is 5.89 Å². The lowest BCUT2D eigenvalue weighted by atomic mass is 10.1. The molecular weight excluding hydrogens is 164 g/mol. The molecule has 1 saturated carbocycles. The fourth-order valence-corrected chi connectivity index (χ4v) is 1.31. The first kappa shape index (κ1) is 7.10. The van der Waals surface area contributed by atoms with Crippen LogP contribution in [0.5, 0.6) is 0 Å². The number of aromatic nitrogens is 2. The van der Waals surface area contributed by atoms with Gasteiger partial charge in [0.15, 0.2) is 0 Å². The summed E-state index contributed by atoms with van der Waals surface area (Å²) in [6.07, 6.45) is 2.56. The summed E-state index contributed by atoms with van der Waals surface area (Å²) in [6.45, 7) is 2.10. The fraction of sp³-hybridized carbons (Fsp3) is 0.714. The zero-order valence-corrected chi connectivity index (χ0v) is 7.01. The van der Waals surface area contributed by atoms with Crippen molar-refractivity contribution in [2.45, 2.75) is 25.7 Å². The molecule has 1 aliphatic rings. The maximum absolute atomic E-state index is 5.49. The second-order valence-corrected chi connectivity index (χ2v) is 3.34. The van der Waals surface area contributed by atoms with Gasteiger partial charge in [0.1, 0.15) is 0 Å². The predicted molar refractivity (Wildman–Crippen MR) is 40.4 cm³/mol. The molecule has 1 atom stereocenters. The van der Waals surface area contributed by atoms with E-state index < -0.39 is 0 Å². The largest absolute Gasteiger partial charge is 0.412 e. The molecule has 2 rings (SSSR count). The minimum Gasteiger partial charge on any atom is -0.412 e. The summed E-state index contributed by atoms with van der Waals surface area (Å²) < 4.78 is 5.09. The number of hydrogen-bond acceptors (Lipinski definition) is 3. The minimum atomic E-state index is 0.146. The summed E-state index contributed by atoms with van der Waals surface area (Å²) >= 11 is 5.49. The molecule has 0 N–H and O–H groups in total. The molecule has 3 nitrogen and oxygen atoms in total. The van der Waals surface area contributed by atoms with Crippen LogP contribution in [0.15, 0.2) is 4.42 Å². The molecule has 60 valence electrons. The van der Waals surface area contributed by atoms with Crippen LogP contribution in [0.25, 0.3) is 0 Å². The van der Waals surface area contributed by atoms with Crippen LogP contribution in [0, 0.1) is 5.92 Å². The molecule has 0 saturated heterocycles. The highest BCUT2D eigenvalue weighted by Crippen LogP contribution is 2.41. The molecule has 0 aromatic carbocycles. The van der Waals surface area contributed by atoms with Gasteiger partial charge in [0.25, 0.3) is 0 Å². The lowest BCUT2D eigenvalue weighted by Crippen LogP contribution is -1.95. The second kappa shape index (κ2) is 2.48. The maximum Gasteiger partial charge on any atom is 0.312 e. The summed E-state index contributed by atoms with van der Waals surface area (Å²) in [5.41, 5.74) is 0. The third-order valence-corrected chi connectivity index (χ3v) is 2.29. The van der Waals surface area contributed by atoms with E-state index in [-0.39, 0.29) is 5.35 Å². The average molecular weight is 173 g/mol. The monoisotopic (exact) mass is 172 g/mol. The molecule has 0 spiro atoms.